The van der Waals surface area contributed by atoms with Crippen molar-refractivity contribution in [1.82, 2.24) is 4.90 Å². The van der Waals surface area contributed by atoms with Gasteiger partial charge in [-0.25, -0.2) is 0 Å². The van der Waals surface area contributed by atoms with Crippen LogP contribution in [0.2, 0.25) is 0 Å². The molecule has 0 bridgehead atoms. The first kappa shape index (κ1) is 15.2. The van der Waals surface area contributed by atoms with E-state index in [1.54, 1.807) is 0 Å². The minimum Gasteiger partial charge on any atom is -0.480 e. The summed E-state index contributed by atoms with van der Waals surface area (Å²) in [5.74, 6) is -0.802. The lowest BCUT2D eigenvalue weighted by molar-refractivity contribution is -0.140. The normalized spacial score (nSPS) is 13.7. The lowest BCUT2D eigenvalue weighted by atomic mass is 9.99. The first-order valence-electron chi connectivity index (χ1n) is 5.96. The van der Waals surface area contributed by atoms with Crippen LogP contribution < -0.4 is 0 Å². The van der Waals surface area contributed by atoms with E-state index < -0.39 is 5.97 Å². The minimum atomic E-state index is -0.802. The van der Waals surface area contributed by atoms with Crippen LogP contribution in [0, 0.1) is 0 Å². The van der Waals surface area contributed by atoms with E-state index in [1.165, 1.54) is 0 Å². The van der Waals surface area contributed by atoms with Crippen LogP contribution in [0.4, 0.5) is 0 Å². The first-order chi connectivity index (χ1) is 8.23. The molecule has 1 aromatic carbocycles. The highest BCUT2D eigenvalue weighted by Gasteiger charge is 2.29. The molecule has 0 aliphatic rings. The van der Waals surface area contributed by atoms with Gasteiger partial charge in [-0.1, -0.05) is 34.1 Å². The molecule has 18 heavy (non-hydrogen) atoms. The van der Waals surface area contributed by atoms with Gasteiger partial charge in [-0.05, 0) is 39.3 Å². The minimum absolute atomic E-state index is 0.0337. The van der Waals surface area contributed by atoms with Crippen LogP contribution in [0.15, 0.2) is 28.7 Å². The lowest BCUT2D eigenvalue weighted by Gasteiger charge is -2.39. The van der Waals surface area contributed by atoms with Gasteiger partial charge in [-0.15, -0.1) is 0 Å². The van der Waals surface area contributed by atoms with E-state index in [9.17, 15) is 4.79 Å². The maximum Gasteiger partial charge on any atom is 0.317 e. The number of nitrogens with zero attached hydrogens (tertiary/aromatic N) is 1. The van der Waals surface area contributed by atoms with Crippen LogP contribution in [0.1, 0.15) is 39.3 Å². The summed E-state index contributed by atoms with van der Waals surface area (Å²) in [5.41, 5.74) is 0.904. The monoisotopic (exact) mass is 313 g/mol. The predicted octanol–water partition coefficient (Wildman–Crippen LogP) is 3.70. The van der Waals surface area contributed by atoms with Crippen molar-refractivity contribution in [3.63, 3.8) is 0 Å². The van der Waals surface area contributed by atoms with E-state index in [2.05, 4.69) is 15.9 Å². The standard InChI is InChI=1S/C14H20BrNO2/c1-10(11-7-5-6-8-12(11)15)16(9-13(17)18)14(2,3)4/h5-8,10H,9H2,1-4H3,(H,17,18). The molecule has 4 heteroatoms. The number of hydrogen-bond acceptors (Lipinski definition) is 2. The van der Waals surface area contributed by atoms with Gasteiger partial charge in [0.1, 0.15) is 0 Å². The number of benzene rings is 1. The molecule has 1 rings (SSSR count). The van der Waals surface area contributed by atoms with E-state index in [1.807, 2.05) is 56.9 Å². The molecular formula is C14H20BrNO2. The molecule has 100 valence electrons. The molecule has 0 saturated carbocycles. The summed E-state index contributed by atoms with van der Waals surface area (Å²) < 4.78 is 1.01. The second kappa shape index (κ2) is 5.85. The smallest absolute Gasteiger partial charge is 0.317 e. The van der Waals surface area contributed by atoms with Crippen LogP contribution in [0.3, 0.4) is 0 Å². The zero-order valence-corrected chi connectivity index (χ0v) is 12.9. The fraction of sp³-hybridized carbons (Fsp3) is 0.500. The van der Waals surface area contributed by atoms with E-state index in [0.717, 1.165) is 10.0 Å². The second-order valence-electron chi connectivity index (χ2n) is 5.39. The fourth-order valence-corrected chi connectivity index (χ4v) is 2.70. The van der Waals surface area contributed by atoms with Gasteiger partial charge in [0, 0.05) is 16.1 Å². The van der Waals surface area contributed by atoms with Crippen molar-refractivity contribution >= 4 is 21.9 Å². The van der Waals surface area contributed by atoms with Crippen molar-refractivity contribution < 1.29 is 9.90 Å². The Morgan fingerprint density at radius 2 is 1.94 bits per heavy atom. The molecule has 1 N–H and O–H groups in total. The summed E-state index contributed by atoms with van der Waals surface area (Å²) in [6, 6.07) is 7.97. The molecule has 0 amide bonds. The number of halogens is 1. The van der Waals surface area contributed by atoms with E-state index >= 15 is 0 Å². The Hall–Kier alpha value is -0.870. The molecular weight excluding hydrogens is 294 g/mol. The predicted molar refractivity (Wildman–Crippen MR) is 76.7 cm³/mol. The molecule has 0 spiro atoms. The van der Waals surface area contributed by atoms with Crippen molar-refractivity contribution in [2.45, 2.75) is 39.3 Å². The molecule has 0 aliphatic heterocycles. The summed E-state index contributed by atoms with van der Waals surface area (Å²) in [4.78, 5) is 13.0. The molecule has 0 fully saturated rings. The number of carboxylic acids is 1. The van der Waals surface area contributed by atoms with Gasteiger partial charge >= 0.3 is 5.97 Å². The van der Waals surface area contributed by atoms with Crippen LogP contribution in [0.25, 0.3) is 0 Å². The van der Waals surface area contributed by atoms with Crippen molar-refractivity contribution in [2.75, 3.05) is 6.54 Å². The third kappa shape index (κ3) is 3.82. The molecule has 0 heterocycles. The Morgan fingerprint density at radius 1 is 1.39 bits per heavy atom. The van der Waals surface area contributed by atoms with Crippen molar-refractivity contribution in [2.24, 2.45) is 0 Å². The SMILES string of the molecule is CC(c1ccccc1Br)N(CC(=O)O)C(C)(C)C. The number of carbonyl (C=O) groups is 1. The highest BCUT2D eigenvalue weighted by Crippen LogP contribution is 2.31. The quantitative estimate of drug-likeness (QED) is 0.921. The summed E-state index contributed by atoms with van der Waals surface area (Å²) in [5, 5.41) is 9.06. The van der Waals surface area contributed by atoms with Gasteiger partial charge in [0.05, 0.1) is 6.54 Å². The van der Waals surface area contributed by atoms with Crippen LogP contribution in [-0.4, -0.2) is 28.1 Å². The maximum atomic E-state index is 11.0. The number of carboxylic acid groups (broad SMARTS) is 1. The Kier molecular flexibility index (Phi) is 4.93. The Morgan fingerprint density at radius 3 is 2.39 bits per heavy atom. The highest BCUT2D eigenvalue weighted by molar-refractivity contribution is 9.10. The molecule has 0 aromatic heterocycles. The first-order valence-corrected chi connectivity index (χ1v) is 6.75. The van der Waals surface area contributed by atoms with Gasteiger partial charge in [-0.3, -0.25) is 9.69 Å². The molecule has 3 nitrogen and oxygen atoms in total. The van der Waals surface area contributed by atoms with Crippen LogP contribution >= 0.6 is 15.9 Å². The average Bonchev–Trinajstić information content (AvgIpc) is 2.24. The van der Waals surface area contributed by atoms with Crippen LogP contribution in [0.5, 0.6) is 0 Å². The van der Waals surface area contributed by atoms with E-state index in [0.29, 0.717) is 0 Å². The number of aliphatic carboxylic acids is 1. The summed E-state index contributed by atoms with van der Waals surface area (Å²) in [6.07, 6.45) is 0. The largest absolute Gasteiger partial charge is 0.480 e. The topological polar surface area (TPSA) is 40.5 Å². The molecule has 0 saturated heterocycles. The Bertz CT molecular complexity index is 426. The van der Waals surface area contributed by atoms with E-state index in [-0.39, 0.29) is 18.1 Å². The van der Waals surface area contributed by atoms with Gasteiger partial charge in [0.2, 0.25) is 0 Å². The van der Waals surface area contributed by atoms with Gasteiger partial charge in [0.15, 0.2) is 0 Å². The second-order valence-corrected chi connectivity index (χ2v) is 6.24. The molecule has 0 aliphatic carbocycles. The number of rotatable bonds is 4. The van der Waals surface area contributed by atoms with E-state index in [4.69, 9.17) is 5.11 Å². The summed E-state index contributed by atoms with van der Waals surface area (Å²) >= 11 is 3.52. The average molecular weight is 314 g/mol. The van der Waals surface area contributed by atoms with Crippen molar-refractivity contribution in [3.8, 4) is 0 Å². The van der Waals surface area contributed by atoms with Gasteiger partial charge in [0.25, 0.3) is 0 Å². The zero-order chi connectivity index (χ0) is 13.9. The summed E-state index contributed by atoms with van der Waals surface area (Å²) in [6.45, 7) is 8.16. The third-order valence-electron chi connectivity index (χ3n) is 2.99. The third-order valence-corrected chi connectivity index (χ3v) is 3.71. The Balaban J connectivity index is 3.07. The molecule has 1 unspecified atom stereocenters. The van der Waals surface area contributed by atoms with Crippen molar-refractivity contribution in [1.29, 1.82) is 0 Å². The molecule has 0 radical (unpaired) electrons. The number of hydrogen-bond donors (Lipinski definition) is 1. The van der Waals surface area contributed by atoms with Crippen LogP contribution in [-0.2, 0) is 4.79 Å². The van der Waals surface area contributed by atoms with Gasteiger partial charge in [-0.2, -0.15) is 0 Å². The fourth-order valence-electron chi connectivity index (χ4n) is 2.08. The van der Waals surface area contributed by atoms with Crippen molar-refractivity contribution in [3.05, 3.63) is 34.3 Å². The molecule has 1 aromatic rings. The summed E-state index contributed by atoms with van der Waals surface area (Å²) in [7, 11) is 0. The Labute approximate surface area is 117 Å². The zero-order valence-electron chi connectivity index (χ0n) is 11.3. The maximum absolute atomic E-state index is 11.0. The van der Waals surface area contributed by atoms with Gasteiger partial charge < -0.3 is 5.11 Å². The molecule has 1 atom stereocenters. The highest BCUT2D eigenvalue weighted by atomic mass is 79.9. The lowest BCUT2D eigenvalue weighted by Crippen LogP contribution is -2.45.